The lowest BCUT2D eigenvalue weighted by Crippen LogP contribution is -2.56. The molecule has 1 fully saturated rings. The summed E-state index contributed by atoms with van der Waals surface area (Å²) in [5, 5.41) is 4.27. The third kappa shape index (κ3) is 4.41. The van der Waals surface area contributed by atoms with Gasteiger partial charge in [-0.05, 0) is 37.1 Å². The van der Waals surface area contributed by atoms with E-state index >= 15 is 0 Å². The standard InChI is InChI=1S/C29H31ClN4/c1-21-8-10-24(11-9-21)28-32-22(2)27(33-28)29(34-18-16-31-17-19-34,20-23-6-4-3-5-7-23)25-12-14-26(30)15-13-25/h3-15,31H,16-20H2,1-2H3,(H,32,33). The third-order valence-corrected chi connectivity index (χ3v) is 7.13. The largest absolute Gasteiger partial charge is 0.342 e. The van der Waals surface area contributed by atoms with E-state index in [2.05, 4.69) is 95.8 Å². The predicted octanol–water partition coefficient (Wildman–Crippen LogP) is 5.74. The van der Waals surface area contributed by atoms with E-state index < -0.39 is 5.54 Å². The van der Waals surface area contributed by atoms with E-state index in [0.717, 1.165) is 60.4 Å². The van der Waals surface area contributed by atoms with E-state index in [0.29, 0.717) is 0 Å². The smallest absolute Gasteiger partial charge is 0.137 e. The monoisotopic (exact) mass is 470 g/mol. The van der Waals surface area contributed by atoms with Crippen molar-refractivity contribution in [3.63, 3.8) is 0 Å². The van der Waals surface area contributed by atoms with Gasteiger partial charge < -0.3 is 10.3 Å². The number of aromatic nitrogens is 2. The summed E-state index contributed by atoms with van der Waals surface area (Å²) in [6.07, 6.45) is 0.828. The number of halogens is 1. The maximum absolute atomic E-state index is 6.34. The molecule has 0 amide bonds. The van der Waals surface area contributed by atoms with Crippen LogP contribution in [0.4, 0.5) is 0 Å². The van der Waals surface area contributed by atoms with Gasteiger partial charge in [0.25, 0.3) is 0 Å². The first-order valence-electron chi connectivity index (χ1n) is 12.0. The SMILES string of the molecule is Cc1ccc(-c2nc(C(Cc3ccccc3)(c3ccc(Cl)cc3)N3CCNCC3)c(C)[nH]2)cc1. The molecule has 1 unspecified atom stereocenters. The molecule has 1 aliphatic rings. The van der Waals surface area contributed by atoms with Gasteiger partial charge in [-0.3, -0.25) is 4.90 Å². The summed E-state index contributed by atoms with van der Waals surface area (Å²) < 4.78 is 0. The Morgan fingerprint density at radius 2 is 1.56 bits per heavy atom. The zero-order chi connectivity index (χ0) is 23.5. The quantitative estimate of drug-likeness (QED) is 0.377. The summed E-state index contributed by atoms with van der Waals surface area (Å²) in [5.74, 6) is 0.911. The Morgan fingerprint density at radius 1 is 0.882 bits per heavy atom. The van der Waals surface area contributed by atoms with Crippen molar-refractivity contribution < 1.29 is 0 Å². The zero-order valence-electron chi connectivity index (χ0n) is 19.8. The van der Waals surface area contributed by atoms with Gasteiger partial charge in [0.05, 0.1) is 11.2 Å². The number of hydrogen-bond donors (Lipinski definition) is 2. The van der Waals surface area contributed by atoms with Gasteiger partial charge in [0.1, 0.15) is 5.82 Å². The van der Waals surface area contributed by atoms with E-state index in [1.165, 1.54) is 16.7 Å². The molecule has 2 heterocycles. The molecule has 1 aliphatic heterocycles. The van der Waals surface area contributed by atoms with Crippen molar-refractivity contribution in [2.75, 3.05) is 26.2 Å². The molecule has 4 aromatic rings. The molecule has 0 radical (unpaired) electrons. The Kier molecular flexibility index (Phi) is 6.55. The van der Waals surface area contributed by atoms with Crippen molar-refractivity contribution in [1.82, 2.24) is 20.2 Å². The maximum atomic E-state index is 6.34. The van der Waals surface area contributed by atoms with Crippen LogP contribution < -0.4 is 5.32 Å². The molecule has 0 bridgehead atoms. The molecule has 1 saturated heterocycles. The van der Waals surface area contributed by atoms with Gasteiger partial charge in [-0.1, -0.05) is 83.9 Å². The van der Waals surface area contributed by atoms with Crippen molar-refractivity contribution in [3.8, 4) is 11.4 Å². The van der Waals surface area contributed by atoms with Gasteiger partial charge in [-0.2, -0.15) is 0 Å². The van der Waals surface area contributed by atoms with Crippen LogP contribution in [0.5, 0.6) is 0 Å². The molecule has 3 aromatic carbocycles. The molecule has 0 spiro atoms. The lowest BCUT2D eigenvalue weighted by Gasteiger charge is -2.46. The first kappa shape index (κ1) is 22.9. The van der Waals surface area contributed by atoms with E-state index in [-0.39, 0.29) is 0 Å². The van der Waals surface area contributed by atoms with E-state index in [1.807, 2.05) is 12.1 Å². The number of hydrogen-bond acceptors (Lipinski definition) is 3. The van der Waals surface area contributed by atoms with Gasteiger partial charge >= 0.3 is 0 Å². The van der Waals surface area contributed by atoms with Crippen molar-refractivity contribution in [2.45, 2.75) is 25.8 Å². The Morgan fingerprint density at radius 3 is 2.24 bits per heavy atom. The molecule has 4 nitrogen and oxygen atoms in total. The number of imidazole rings is 1. The molecule has 2 N–H and O–H groups in total. The third-order valence-electron chi connectivity index (χ3n) is 6.88. The van der Waals surface area contributed by atoms with Crippen LogP contribution in [0, 0.1) is 13.8 Å². The van der Waals surface area contributed by atoms with Crippen molar-refractivity contribution in [1.29, 1.82) is 0 Å². The second-order valence-corrected chi connectivity index (χ2v) is 9.63. The first-order valence-corrected chi connectivity index (χ1v) is 12.3. The van der Waals surface area contributed by atoms with Gasteiger partial charge in [0, 0.05) is 48.9 Å². The molecule has 34 heavy (non-hydrogen) atoms. The Balaban J connectivity index is 1.72. The number of aromatic amines is 1. The molecule has 5 heteroatoms. The fourth-order valence-corrected chi connectivity index (χ4v) is 5.27. The molecule has 0 saturated carbocycles. The average Bonchev–Trinajstić information content (AvgIpc) is 3.26. The van der Waals surface area contributed by atoms with Gasteiger partial charge in [0.2, 0.25) is 0 Å². The normalized spacial score (nSPS) is 16.3. The fraction of sp³-hybridized carbons (Fsp3) is 0.276. The highest BCUT2D eigenvalue weighted by atomic mass is 35.5. The molecule has 0 aliphatic carbocycles. The predicted molar refractivity (Wildman–Crippen MR) is 140 cm³/mol. The molecular formula is C29H31ClN4. The second-order valence-electron chi connectivity index (χ2n) is 9.19. The molecule has 1 aromatic heterocycles. The van der Waals surface area contributed by atoms with Crippen LogP contribution in [0.15, 0.2) is 78.9 Å². The average molecular weight is 471 g/mol. The highest BCUT2D eigenvalue weighted by Gasteiger charge is 2.44. The van der Waals surface area contributed by atoms with Crippen LogP contribution in [-0.4, -0.2) is 41.0 Å². The molecule has 1 atom stereocenters. The van der Waals surface area contributed by atoms with E-state index in [1.54, 1.807) is 0 Å². The van der Waals surface area contributed by atoms with Crippen LogP contribution in [0.1, 0.15) is 28.1 Å². The number of nitrogens with one attached hydrogen (secondary N) is 2. The summed E-state index contributed by atoms with van der Waals surface area (Å²) in [4.78, 5) is 11.5. The molecular weight excluding hydrogens is 440 g/mol. The summed E-state index contributed by atoms with van der Waals surface area (Å²) in [7, 11) is 0. The summed E-state index contributed by atoms with van der Waals surface area (Å²) in [6, 6.07) is 27.7. The lowest BCUT2D eigenvalue weighted by molar-refractivity contribution is 0.100. The Labute approximate surface area is 207 Å². The minimum absolute atomic E-state index is 0.419. The Hall–Kier alpha value is -2.92. The first-order chi connectivity index (χ1) is 16.6. The number of rotatable bonds is 6. The molecule has 5 rings (SSSR count). The summed E-state index contributed by atoms with van der Waals surface area (Å²) in [6.45, 7) is 8.07. The van der Waals surface area contributed by atoms with Crippen LogP contribution >= 0.6 is 11.6 Å². The van der Waals surface area contributed by atoms with Gasteiger partial charge in [0.15, 0.2) is 0 Å². The van der Waals surface area contributed by atoms with Crippen molar-refractivity contribution in [2.24, 2.45) is 0 Å². The minimum Gasteiger partial charge on any atom is -0.342 e. The second kappa shape index (κ2) is 9.75. The number of nitrogens with zero attached hydrogens (tertiary/aromatic N) is 2. The lowest BCUT2D eigenvalue weighted by atomic mass is 9.78. The molecule has 174 valence electrons. The minimum atomic E-state index is -0.419. The van der Waals surface area contributed by atoms with Crippen LogP contribution in [0.3, 0.4) is 0 Å². The number of piperazine rings is 1. The van der Waals surface area contributed by atoms with Crippen LogP contribution in [0.2, 0.25) is 5.02 Å². The number of aryl methyl sites for hydroxylation is 2. The van der Waals surface area contributed by atoms with Gasteiger partial charge in [-0.25, -0.2) is 4.98 Å². The summed E-state index contributed by atoms with van der Waals surface area (Å²) >= 11 is 6.34. The van der Waals surface area contributed by atoms with Crippen molar-refractivity contribution in [3.05, 3.63) is 112 Å². The highest BCUT2D eigenvalue weighted by molar-refractivity contribution is 6.30. The maximum Gasteiger partial charge on any atom is 0.137 e. The summed E-state index contributed by atoms with van der Waals surface area (Å²) in [5.41, 5.74) is 6.61. The zero-order valence-corrected chi connectivity index (χ0v) is 20.6. The van der Waals surface area contributed by atoms with Crippen LogP contribution in [0.25, 0.3) is 11.4 Å². The van der Waals surface area contributed by atoms with E-state index in [9.17, 15) is 0 Å². The van der Waals surface area contributed by atoms with Crippen LogP contribution in [-0.2, 0) is 12.0 Å². The number of benzene rings is 3. The Bertz CT molecular complexity index is 1230. The van der Waals surface area contributed by atoms with Gasteiger partial charge in [-0.15, -0.1) is 0 Å². The fourth-order valence-electron chi connectivity index (χ4n) is 5.14. The number of H-pyrrole nitrogens is 1. The highest BCUT2D eigenvalue weighted by Crippen LogP contribution is 2.41. The van der Waals surface area contributed by atoms with Crippen molar-refractivity contribution >= 4 is 11.6 Å². The topological polar surface area (TPSA) is 44.0 Å². The van der Waals surface area contributed by atoms with E-state index in [4.69, 9.17) is 16.6 Å².